The second-order valence-corrected chi connectivity index (χ2v) is 6.40. The first-order chi connectivity index (χ1) is 13.6. The highest BCUT2D eigenvalue weighted by molar-refractivity contribution is 5.64. The zero-order valence-corrected chi connectivity index (χ0v) is 15.9. The molecular formula is C22H22N4O2. The van der Waals surface area contributed by atoms with Gasteiger partial charge in [-0.2, -0.15) is 5.26 Å². The summed E-state index contributed by atoms with van der Waals surface area (Å²) in [7, 11) is 1.51. The fraction of sp³-hybridized carbons (Fsp3) is 0.227. The molecule has 0 amide bonds. The zero-order valence-electron chi connectivity index (χ0n) is 15.9. The lowest BCUT2D eigenvalue weighted by Gasteiger charge is -2.19. The lowest BCUT2D eigenvalue weighted by atomic mass is 10.0. The van der Waals surface area contributed by atoms with Crippen LogP contribution in [0.5, 0.6) is 11.5 Å². The molecular weight excluding hydrogens is 352 g/mol. The van der Waals surface area contributed by atoms with E-state index >= 15 is 0 Å². The summed E-state index contributed by atoms with van der Waals surface area (Å²) < 4.78 is 5.17. The Labute approximate surface area is 164 Å². The molecule has 0 aliphatic rings. The van der Waals surface area contributed by atoms with Crippen molar-refractivity contribution in [1.29, 1.82) is 5.26 Å². The Balaban J connectivity index is 1.89. The van der Waals surface area contributed by atoms with Gasteiger partial charge in [0.1, 0.15) is 5.82 Å². The smallest absolute Gasteiger partial charge is 0.161 e. The van der Waals surface area contributed by atoms with Crippen molar-refractivity contribution in [3.63, 3.8) is 0 Å². The first-order valence-corrected chi connectivity index (χ1v) is 9.10. The second kappa shape index (κ2) is 8.87. The number of aromatic nitrogens is 2. The van der Waals surface area contributed by atoms with Crippen LogP contribution in [-0.4, -0.2) is 22.2 Å². The molecule has 0 aliphatic carbocycles. The Morgan fingerprint density at radius 3 is 2.82 bits per heavy atom. The van der Waals surface area contributed by atoms with Crippen LogP contribution in [-0.2, 0) is 0 Å². The van der Waals surface area contributed by atoms with Crippen molar-refractivity contribution in [1.82, 2.24) is 9.97 Å². The van der Waals surface area contributed by atoms with Gasteiger partial charge in [0, 0.05) is 5.56 Å². The maximum atomic E-state index is 9.79. The molecule has 28 heavy (non-hydrogen) atoms. The van der Waals surface area contributed by atoms with Crippen molar-refractivity contribution in [2.24, 2.45) is 0 Å². The molecule has 2 N–H and O–H groups in total. The number of nitrogens with zero attached hydrogens (tertiary/aromatic N) is 3. The van der Waals surface area contributed by atoms with Crippen molar-refractivity contribution in [2.45, 2.75) is 25.8 Å². The maximum absolute atomic E-state index is 9.79. The molecule has 142 valence electrons. The van der Waals surface area contributed by atoms with Gasteiger partial charge in [-0.3, -0.25) is 4.98 Å². The van der Waals surface area contributed by atoms with Crippen molar-refractivity contribution >= 4 is 5.82 Å². The molecule has 2 aromatic carbocycles. The van der Waals surface area contributed by atoms with Crippen molar-refractivity contribution in [2.75, 3.05) is 12.4 Å². The molecule has 1 atom stereocenters. The van der Waals surface area contributed by atoms with Crippen LogP contribution in [0.2, 0.25) is 0 Å². The van der Waals surface area contributed by atoms with Gasteiger partial charge in [-0.05, 0) is 42.3 Å². The molecule has 3 rings (SSSR count). The summed E-state index contributed by atoms with van der Waals surface area (Å²) in [6.07, 6.45) is 5.23. The third-order valence-corrected chi connectivity index (χ3v) is 4.43. The van der Waals surface area contributed by atoms with E-state index < -0.39 is 0 Å². The normalized spacial score (nSPS) is 11.5. The number of hydrogen-bond donors (Lipinski definition) is 2. The summed E-state index contributed by atoms with van der Waals surface area (Å²) in [5.41, 5.74) is 3.14. The average Bonchev–Trinajstić information content (AvgIpc) is 2.74. The van der Waals surface area contributed by atoms with Crippen molar-refractivity contribution in [3.05, 3.63) is 66.0 Å². The number of nitrogens with one attached hydrogen (secondary N) is 1. The Hall–Kier alpha value is -3.59. The fourth-order valence-corrected chi connectivity index (χ4v) is 3.03. The van der Waals surface area contributed by atoms with Gasteiger partial charge in [-0.15, -0.1) is 0 Å². The zero-order chi connectivity index (χ0) is 19.9. The molecule has 0 unspecified atom stereocenters. The fourth-order valence-electron chi connectivity index (χ4n) is 3.03. The van der Waals surface area contributed by atoms with Gasteiger partial charge in [0.05, 0.1) is 42.9 Å². The van der Waals surface area contributed by atoms with Gasteiger partial charge in [-0.25, -0.2) is 4.98 Å². The van der Waals surface area contributed by atoms with Crippen LogP contribution in [0.3, 0.4) is 0 Å². The van der Waals surface area contributed by atoms with E-state index in [0.29, 0.717) is 22.8 Å². The highest BCUT2D eigenvalue weighted by Gasteiger charge is 2.13. The number of phenols is 1. The van der Waals surface area contributed by atoms with E-state index in [1.165, 1.54) is 7.11 Å². The summed E-state index contributed by atoms with van der Waals surface area (Å²) in [6.45, 7) is 2.12. The minimum absolute atomic E-state index is 0.0252. The molecule has 0 fully saturated rings. The number of anilines is 1. The molecule has 1 aromatic heterocycles. The Morgan fingerprint density at radius 2 is 2.07 bits per heavy atom. The number of aromatic hydroxyl groups is 1. The molecule has 0 spiro atoms. The quantitative estimate of drug-likeness (QED) is 0.624. The van der Waals surface area contributed by atoms with Gasteiger partial charge in [0.2, 0.25) is 0 Å². The lowest BCUT2D eigenvalue weighted by Crippen LogP contribution is -2.12. The van der Waals surface area contributed by atoms with E-state index in [1.54, 1.807) is 36.7 Å². The van der Waals surface area contributed by atoms with Crippen LogP contribution >= 0.6 is 0 Å². The Bertz CT molecular complexity index is 998. The third kappa shape index (κ3) is 4.38. The van der Waals surface area contributed by atoms with Gasteiger partial charge < -0.3 is 15.2 Å². The number of nitriles is 1. The Morgan fingerprint density at radius 1 is 1.21 bits per heavy atom. The van der Waals surface area contributed by atoms with E-state index in [0.717, 1.165) is 24.0 Å². The number of rotatable bonds is 7. The Kier molecular flexibility index (Phi) is 6.07. The maximum Gasteiger partial charge on any atom is 0.161 e. The second-order valence-electron chi connectivity index (χ2n) is 6.40. The minimum Gasteiger partial charge on any atom is -0.504 e. The highest BCUT2D eigenvalue weighted by atomic mass is 16.5. The van der Waals surface area contributed by atoms with E-state index in [4.69, 9.17) is 10.00 Å². The van der Waals surface area contributed by atoms with Crippen molar-refractivity contribution in [3.8, 4) is 28.8 Å². The summed E-state index contributed by atoms with van der Waals surface area (Å²) in [4.78, 5) is 8.96. The number of methoxy groups -OCH3 is 1. The molecule has 0 bridgehead atoms. The van der Waals surface area contributed by atoms with Crippen LogP contribution in [0.4, 0.5) is 5.82 Å². The molecule has 0 saturated carbocycles. The summed E-state index contributed by atoms with van der Waals surface area (Å²) in [5, 5.41) is 22.4. The van der Waals surface area contributed by atoms with E-state index in [2.05, 4.69) is 28.3 Å². The van der Waals surface area contributed by atoms with E-state index in [9.17, 15) is 5.11 Å². The number of hydrogen-bond acceptors (Lipinski definition) is 6. The SMILES string of the molecule is CCC[C@H](Nc1cncc(-c2ccc(O)c(OC)c2)n1)c1cccc(C#N)c1. The third-order valence-electron chi connectivity index (χ3n) is 4.43. The van der Waals surface area contributed by atoms with Crippen LogP contribution in [0.25, 0.3) is 11.3 Å². The van der Waals surface area contributed by atoms with Crippen molar-refractivity contribution < 1.29 is 9.84 Å². The lowest BCUT2D eigenvalue weighted by molar-refractivity contribution is 0.373. The molecule has 6 heteroatoms. The molecule has 0 radical (unpaired) electrons. The predicted molar refractivity (Wildman–Crippen MR) is 108 cm³/mol. The van der Waals surface area contributed by atoms with E-state index in [-0.39, 0.29) is 11.8 Å². The first kappa shape index (κ1) is 19.2. The van der Waals surface area contributed by atoms with Gasteiger partial charge in [0.15, 0.2) is 11.5 Å². The average molecular weight is 374 g/mol. The minimum atomic E-state index is 0.0252. The number of phenolic OH excluding ortho intramolecular Hbond substituents is 1. The van der Waals surface area contributed by atoms with E-state index in [1.807, 2.05) is 18.2 Å². The number of benzene rings is 2. The molecule has 0 aliphatic heterocycles. The van der Waals surface area contributed by atoms with Crippen LogP contribution < -0.4 is 10.1 Å². The topological polar surface area (TPSA) is 91.1 Å². The molecule has 0 saturated heterocycles. The monoisotopic (exact) mass is 374 g/mol. The van der Waals surface area contributed by atoms with Crippen LogP contribution in [0.1, 0.15) is 36.9 Å². The summed E-state index contributed by atoms with van der Waals surface area (Å²) in [5.74, 6) is 1.11. The van der Waals surface area contributed by atoms with Crippen LogP contribution in [0, 0.1) is 11.3 Å². The molecule has 3 aromatic rings. The first-order valence-electron chi connectivity index (χ1n) is 9.10. The predicted octanol–water partition coefficient (Wildman–Crippen LogP) is 4.68. The molecule has 6 nitrogen and oxygen atoms in total. The molecule has 1 heterocycles. The summed E-state index contributed by atoms with van der Waals surface area (Å²) >= 11 is 0. The van der Waals surface area contributed by atoms with Gasteiger partial charge in [0.25, 0.3) is 0 Å². The highest BCUT2D eigenvalue weighted by Crippen LogP contribution is 2.31. The van der Waals surface area contributed by atoms with Gasteiger partial charge in [-0.1, -0.05) is 25.5 Å². The number of ether oxygens (including phenoxy) is 1. The van der Waals surface area contributed by atoms with Crippen LogP contribution in [0.15, 0.2) is 54.9 Å². The van der Waals surface area contributed by atoms with Gasteiger partial charge >= 0.3 is 0 Å². The standard InChI is InChI=1S/C22H22N4O2/c1-3-5-18(16-7-4-6-15(10-16)12-23)25-22-14-24-13-19(26-22)17-8-9-20(27)21(11-17)28-2/h4,6-11,13-14,18,27H,3,5H2,1-2H3,(H,25,26)/t18-/m0/s1. The summed E-state index contributed by atoms with van der Waals surface area (Å²) in [6, 6.07) is 14.9. The largest absolute Gasteiger partial charge is 0.504 e.